The van der Waals surface area contributed by atoms with Crippen LogP contribution in [-0.4, -0.2) is 70.4 Å². The summed E-state index contributed by atoms with van der Waals surface area (Å²) in [5.74, 6) is -5.48. The number of hydrogen-bond donors (Lipinski definition) is 0. The quantitative estimate of drug-likeness (QED) is 0.254. The molecule has 0 saturated carbocycles. The molecule has 0 unspecified atom stereocenters. The number of rotatable bonds is 9. The normalized spacial score (nSPS) is 16.3. The highest BCUT2D eigenvalue weighted by atomic mass is 16.6. The molecule has 0 radical (unpaired) electrons. The van der Waals surface area contributed by atoms with Gasteiger partial charge in [0.2, 0.25) is 35.4 Å². The van der Waals surface area contributed by atoms with Gasteiger partial charge in [-0.2, -0.15) is 0 Å². The van der Waals surface area contributed by atoms with Gasteiger partial charge in [-0.1, -0.05) is 0 Å². The van der Waals surface area contributed by atoms with E-state index >= 15 is 0 Å². The predicted molar refractivity (Wildman–Crippen MR) is 92.6 cm³/mol. The Kier molecular flexibility index (Phi) is 7.90. The Labute approximate surface area is 170 Å². The minimum Gasteiger partial charge on any atom is -0.462 e. The molecule has 2 heterocycles. The Morgan fingerprint density at radius 2 is 0.867 bits per heavy atom. The standard InChI is InChI=1S/C18H20N2O10/c21-11-1-2-12(22)19(11)15(25)5-7-17(27)29-9-10-30-18(28)8-6-16(26)20-13(23)3-4-14(20)24/h1-10H2. The van der Waals surface area contributed by atoms with Crippen LogP contribution < -0.4 is 0 Å². The molecular weight excluding hydrogens is 404 g/mol. The van der Waals surface area contributed by atoms with Gasteiger partial charge in [0.15, 0.2) is 0 Å². The summed E-state index contributed by atoms with van der Waals surface area (Å²) in [6.45, 7) is -0.589. The molecule has 0 aromatic rings. The molecule has 0 aromatic carbocycles. The number of imide groups is 6. The summed E-state index contributed by atoms with van der Waals surface area (Å²) in [5.41, 5.74) is 0. The number of ether oxygens (including phenoxy) is 2. The number of hydrogen-bond acceptors (Lipinski definition) is 10. The van der Waals surface area contributed by atoms with Crippen LogP contribution in [-0.2, 0) is 47.8 Å². The van der Waals surface area contributed by atoms with Crippen molar-refractivity contribution in [3.8, 4) is 0 Å². The fourth-order valence-corrected chi connectivity index (χ4v) is 2.81. The van der Waals surface area contributed by atoms with E-state index in [0.717, 1.165) is 0 Å². The molecule has 2 rings (SSSR count). The summed E-state index contributed by atoms with van der Waals surface area (Å²) in [5, 5.41) is 0. The van der Waals surface area contributed by atoms with Gasteiger partial charge in [-0.05, 0) is 0 Å². The Balaban J connectivity index is 1.57. The molecule has 12 heteroatoms. The lowest BCUT2D eigenvalue weighted by molar-refractivity contribution is -0.156. The van der Waals surface area contributed by atoms with E-state index in [1.54, 1.807) is 0 Å². The second kappa shape index (κ2) is 10.4. The lowest BCUT2D eigenvalue weighted by Crippen LogP contribution is -2.35. The van der Waals surface area contributed by atoms with Crippen LogP contribution in [0.3, 0.4) is 0 Å². The summed E-state index contributed by atoms with van der Waals surface area (Å²) in [6, 6.07) is 0. The molecule has 2 aliphatic rings. The SMILES string of the molecule is O=C(CCC(=O)N1C(=O)CCC1=O)OCCOC(=O)CCC(=O)N1C(=O)CCC1=O. The van der Waals surface area contributed by atoms with Crippen LogP contribution in [0.1, 0.15) is 51.4 Å². The van der Waals surface area contributed by atoms with Gasteiger partial charge in [-0.25, -0.2) is 9.80 Å². The van der Waals surface area contributed by atoms with Gasteiger partial charge in [0.1, 0.15) is 13.2 Å². The number of esters is 2. The molecule has 2 saturated heterocycles. The third kappa shape index (κ3) is 6.03. The zero-order valence-corrected chi connectivity index (χ0v) is 16.0. The molecule has 0 aliphatic carbocycles. The second-order valence-corrected chi connectivity index (χ2v) is 6.47. The molecule has 6 amide bonds. The molecule has 0 bridgehead atoms. The van der Waals surface area contributed by atoms with E-state index in [-0.39, 0.29) is 64.6 Å². The van der Waals surface area contributed by atoms with Crippen LogP contribution in [0.4, 0.5) is 0 Å². The smallest absolute Gasteiger partial charge is 0.306 e. The highest BCUT2D eigenvalue weighted by Gasteiger charge is 2.35. The van der Waals surface area contributed by atoms with Crippen molar-refractivity contribution in [2.45, 2.75) is 51.4 Å². The third-order valence-corrected chi connectivity index (χ3v) is 4.30. The topological polar surface area (TPSA) is 162 Å². The first kappa shape index (κ1) is 22.8. The van der Waals surface area contributed by atoms with E-state index in [2.05, 4.69) is 0 Å². The third-order valence-electron chi connectivity index (χ3n) is 4.30. The largest absolute Gasteiger partial charge is 0.462 e. The molecule has 2 fully saturated rings. The maximum absolute atomic E-state index is 11.8. The van der Waals surface area contributed by atoms with E-state index in [1.807, 2.05) is 0 Å². The summed E-state index contributed by atoms with van der Waals surface area (Å²) in [6.07, 6.45) is -1.56. The van der Waals surface area contributed by atoms with E-state index in [0.29, 0.717) is 9.80 Å². The van der Waals surface area contributed by atoms with Crippen LogP contribution in [0.5, 0.6) is 0 Å². The minimum atomic E-state index is -0.778. The number of likely N-dealkylation sites (tertiary alicyclic amines) is 2. The van der Waals surface area contributed by atoms with Gasteiger partial charge in [0.05, 0.1) is 12.8 Å². The van der Waals surface area contributed by atoms with Crippen molar-refractivity contribution >= 4 is 47.4 Å². The van der Waals surface area contributed by atoms with Crippen molar-refractivity contribution in [1.82, 2.24) is 9.80 Å². The average molecular weight is 424 g/mol. The summed E-state index contributed by atoms with van der Waals surface area (Å²) in [7, 11) is 0. The molecule has 0 aromatic heterocycles. The van der Waals surface area contributed by atoms with Crippen LogP contribution in [0.15, 0.2) is 0 Å². The highest BCUT2D eigenvalue weighted by Crippen LogP contribution is 2.15. The minimum absolute atomic E-state index is 0.0311. The van der Waals surface area contributed by atoms with Crippen LogP contribution >= 0.6 is 0 Å². The van der Waals surface area contributed by atoms with Gasteiger partial charge in [0.25, 0.3) is 0 Å². The highest BCUT2D eigenvalue weighted by molar-refractivity contribution is 6.15. The van der Waals surface area contributed by atoms with Crippen molar-refractivity contribution in [3.63, 3.8) is 0 Å². The van der Waals surface area contributed by atoms with Crippen molar-refractivity contribution in [1.29, 1.82) is 0 Å². The molecular formula is C18H20N2O10. The Morgan fingerprint density at radius 3 is 1.17 bits per heavy atom. The number of amides is 6. The first-order valence-corrected chi connectivity index (χ1v) is 9.29. The number of nitrogens with zero attached hydrogens (tertiary/aromatic N) is 2. The van der Waals surface area contributed by atoms with Crippen LogP contribution in [0.2, 0.25) is 0 Å². The Bertz CT molecular complexity index is 705. The van der Waals surface area contributed by atoms with E-state index < -0.39 is 47.4 Å². The first-order valence-electron chi connectivity index (χ1n) is 9.29. The van der Waals surface area contributed by atoms with Crippen molar-refractivity contribution in [2.75, 3.05) is 13.2 Å². The fourth-order valence-electron chi connectivity index (χ4n) is 2.81. The van der Waals surface area contributed by atoms with Gasteiger partial charge in [-0.15, -0.1) is 0 Å². The molecule has 0 spiro atoms. The molecule has 0 atom stereocenters. The lowest BCUT2D eigenvalue weighted by atomic mass is 10.3. The molecule has 30 heavy (non-hydrogen) atoms. The lowest BCUT2D eigenvalue weighted by Gasteiger charge is -2.12. The summed E-state index contributed by atoms with van der Waals surface area (Å²) in [4.78, 5) is 93.4. The average Bonchev–Trinajstić information content (AvgIpc) is 3.22. The number of carbonyl (C=O) groups is 8. The van der Waals surface area contributed by atoms with E-state index in [9.17, 15) is 38.4 Å². The van der Waals surface area contributed by atoms with Gasteiger partial charge >= 0.3 is 11.9 Å². The maximum Gasteiger partial charge on any atom is 0.306 e. The number of carbonyl (C=O) groups excluding carboxylic acids is 8. The van der Waals surface area contributed by atoms with Gasteiger partial charge in [-0.3, -0.25) is 38.4 Å². The van der Waals surface area contributed by atoms with Crippen molar-refractivity contribution < 1.29 is 47.8 Å². The van der Waals surface area contributed by atoms with Gasteiger partial charge < -0.3 is 9.47 Å². The molecule has 12 nitrogen and oxygen atoms in total. The summed E-state index contributed by atoms with van der Waals surface area (Å²) >= 11 is 0. The Hall–Kier alpha value is -3.44. The molecule has 0 N–H and O–H groups in total. The van der Waals surface area contributed by atoms with Crippen LogP contribution in [0.25, 0.3) is 0 Å². The Morgan fingerprint density at radius 1 is 0.567 bits per heavy atom. The zero-order valence-electron chi connectivity index (χ0n) is 16.0. The van der Waals surface area contributed by atoms with Gasteiger partial charge in [0, 0.05) is 38.5 Å². The van der Waals surface area contributed by atoms with Crippen molar-refractivity contribution in [2.24, 2.45) is 0 Å². The predicted octanol–water partition coefficient (Wildman–Crippen LogP) is -1.02. The van der Waals surface area contributed by atoms with Crippen molar-refractivity contribution in [3.05, 3.63) is 0 Å². The fraction of sp³-hybridized carbons (Fsp3) is 0.556. The zero-order chi connectivity index (χ0) is 22.3. The molecule has 2 aliphatic heterocycles. The maximum atomic E-state index is 11.8. The van der Waals surface area contributed by atoms with E-state index in [1.165, 1.54) is 0 Å². The monoisotopic (exact) mass is 424 g/mol. The summed E-state index contributed by atoms with van der Waals surface area (Å²) < 4.78 is 9.55. The first-order chi connectivity index (χ1) is 14.2. The van der Waals surface area contributed by atoms with Crippen LogP contribution in [0, 0.1) is 0 Å². The van der Waals surface area contributed by atoms with E-state index in [4.69, 9.17) is 9.47 Å². The molecule has 162 valence electrons. The second-order valence-electron chi connectivity index (χ2n) is 6.47.